The van der Waals surface area contributed by atoms with E-state index in [-0.39, 0.29) is 84.6 Å². The standard InChI is InChI=1S/10BO3.Cs.H/c10*2-1(3)4;;/q10*-3;+1;-1/p+10. The van der Waals surface area contributed by atoms with E-state index in [2.05, 4.69) is 0 Å². The second-order valence-corrected chi connectivity index (χ2v) is 2.89. The average molecular weight is 732 g/mol. The van der Waals surface area contributed by atoms with Crippen molar-refractivity contribution >= 4 is 73.2 Å². The van der Waals surface area contributed by atoms with Gasteiger partial charge in [0.05, 0.1) is 0 Å². The molecule has 30 nitrogen and oxygen atoms in total. The zero-order valence-electron chi connectivity index (χ0n) is 30.0. The van der Waals surface area contributed by atoms with Crippen molar-refractivity contribution in [3.8, 4) is 0 Å². The molecule has 0 saturated heterocycles. The van der Waals surface area contributed by atoms with Gasteiger partial charge in [-0.05, 0) is 0 Å². The summed E-state index contributed by atoms with van der Waals surface area (Å²) < 4.78 is 0. The SMILES string of the molecule is [Cs+].[H+].[H+].[H+].[H+].[H+].[H+].[H+].[H+].[H+].[H+].[H-].[O-]B([O-])[O-].[O-]B([O-])[O-].[O-]B([O-])[O-].[O-]B([O-])[O-].[O-]B([O-])[O-].[O-]B([O-])[O-].[O-]B([O-])[O-].[O-]B([O-])[O-].[O-]B([O-])[O-].[O-]B([O-])[O-]. The fourth-order valence-electron chi connectivity index (χ4n) is 0. The third kappa shape index (κ3) is 28700. The van der Waals surface area contributed by atoms with E-state index in [4.69, 9.17) is 151 Å². The number of hydrogen-bond acceptors (Lipinski definition) is 30. The van der Waals surface area contributed by atoms with E-state index in [0.717, 1.165) is 0 Å². The van der Waals surface area contributed by atoms with Gasteiger partial charge in [-0.1, -0.05) is 0 Å². The van der Waals surface area contributed by atoms with Crippen molar-refractivity contribution < 1.29 is 235 Å². The normalized spacial score (nSPS) is 6.59. The molecule has 0 N–H and O–H groups in total. The molecule has 0 aliphatic rings. The third-order valence-electron chi connectivity index (χ3n) is 0. The van der Waals surface area contributed by atoms with E-state index in [1.165, 1.54) is 0 Å². The first-order valence-electron chi connectivity index (χ1n) is 7.07. The molecule has 242 valence electrons. The Morgan fingerprint density at radius 2 is 0.171 bits per heavy atom. The molecule has 0 radical (unpaired) electrons. The first kappa shape index (κ1) is 73.8. The van der Waals surface area contributed by atoms with Crippen LogP contribution in [0.15, 0.2) is 0 Å². The van der Waals surface area contributed by atoms with Gasteiger partial charge < -0.3 is 152 Å². The van der Waals surface area contributed by atoms with Crippen LogP contribution in [0.2, 0.25) is 0 Å². The van der Waals surface area contributed by atoms with E-state index >= 15 is 0 Å². The molecule has 0 saturated carbocycles. The Morgan fingerprint density at radius 3 is 0.171 bits per heavy atom. The Bertz CT molecular complexity index is 225. The number of hydrogen-bond donors (Lipinski definition) is 0. The van der Waals surface area contributed by atoms with Gasteiger partial charge in [-0.2, -0.15) is 0 Å². The van der Waals surface area contributed by atoms with Crippen molar-refractivity contribution in [3.63, 3.8) is 0 Å². The summed E-state index contributed by atoms with van der Waals surface area (Å²) in [4.78, 5) is 0. The molecule has 0 aliphatic heterocycles. The largest absolute Gasteiger partial charge is 1.00 e. The molecule has 0 aliphatic carbocycles. The van der Waals surface area contributed by atoms with Crippen LogP contribution in [0, 0.1) is 0 Å². The first-order chi connectivity index (χ1) is 17.3. The predicted octanol–water partition coefficient (Wildman–Crippen LogP) is -41.2. The van der Waals surface area contributed by atoms with Crippen molar-refractivity contribution in [2.45, 2.75) is 0 Å². The summed E-state index contributed by atoms with van der Waals surface area (Å²) in [5, 5.41) is 252. The Balaban J connectivity index is -0.00000000937. The molecule has 0 rings (SSSR count). The summed E-state index contributed by atoms with van der Waals surface area (Å²) in [6.45, 7) is 0. The third-order valence-corrected chi connectivity index (χ3v) is 0. The van der Waals surface area contributed by atoms with E-state index in [1.54, 1.807) is 0 Å². The molecule has 0 aromatic heterocycles. The van der Waals surface area contributed by atoms with Crippen LogP contribution >= 0.6 is 0 Å². The maximum Gasteiger partial charge on any atom is 1.00 e. The van der Waals surface area contributed by atoms with Gasteiger partial charge in [-0.25, -0.2) is 0 Å². The minimum Gasteiger partial charge on any atom is -1.00 e. The number of rotatable bonds is 0. The molecular weight excluding hydrogens is 721 g/mol. The zero-order valence-corrected chi connectivity index (χ0v) is 25.3. The second kappa shape index (κ2) is 68.6. The molecule has 0 bridgehead atoms. The van der Waals surface area contributed by atoms with E-state index in [9.17, 15) is 0 Å². The molecule has 0 unspecified atom stereocenters. The molecule has 0 atom stereocenters. The fourth-order valence-corrected chi connectivity index (χ4v) is 0. The zero-order chi connectivity index (χ0) is 35.8. The van der Waals surface area contributed by atoms with Crippen LogP contribution in [0.5, 0.6) is 0 Å². The summed E-state index contributed by atoms with van der Waals surface area (Å²) in [5.74, 6) is 0. The molecule has 0 heterocycles. The van der Waals surface area contributed by atoms with Gasteiger partial charge in [0.25, 0.3) is 0 Å². The van der Waals surface area contributed by atoms with Crippen molar-refractivity contribution in [1.29, 1.82) is 0 Å². The minimum absolute atomic E-state index is 0. The Labute approximate surface area is 306 Å². The first-order valence-corrected chi connectivity index (χ1v) is 7.07. The van der Waals surface area contributed by atoms with Gasteiger partial charge in [-0.15, -0.1) is 0 Å². The Morgan fingerprint density at radius 1 is 0.171 bits per heavy atom. The van der Waals surface area contributed by atoms with Gasteiger partial charge in [0.2, 0.25) is 0 Å². The fraction of sp³-hybridized carbons (Fsp3) is 0. The molecule has 0 spiro atoms. The molecular formula is H11B10CsO30-20. The van der Waals surface area contributed by atoms with Gasteiger partial charge >= 0.3 is 83.2 Å². The van der Waals surface area contributed by atoms with E-state index in [1.807, 2.05) is 0 Å². The van der Waals surface area contributed by atoms with Gasteiger partial charge in [0.1, 0.15) is 0 Å². The minimum atomic E-state index is -2.92. The molecule has 41 heteroatoms. The molecule has 0 aromatic rings. The molecule has 41 heavy (non-hydrogen) atoms. The maximum absolute atomic E-state index is 8.42. The van der Waals surface area contributed by atoms with Crippen molar-refractivity contribution in [3.05, 3.63) is 0 Å². The van der Waals surface area contributed by atoms with Crippen molar-refractivity contribution in [2.24, 2.45) is 0 Å². The van der Waals surface area contributed by atoms with Crippen LogP contribution in [-0.4, -0.2) is 73.2 Å². The van der Waals surface area contributed by atoms with Crippen molar-refractivity contribution in [2.75, 3.05) is 0 Å². The van der Waals surface area contributed by atoms with Crippen LogP contribution in [0.4, 0.5) is 0 Å². The summed E-state index contributed by atoms with van der Waals surface area (Å²) in [6, 6.07) is 0. The van der Waals surface area contributed by atoms with Gasteiger partial charge in [0.15, 0.2) is 0 Å². The van der Waals surface area contributed by atoms with E-state index < -0.39 is 73.2 Å². The summed E-state index contributed by atoms with van der Waals surface area (Å²) in [6.07, 6.45) is 0. The Hall–Kier alpha value is 1.50. The quantitative estimate of drug-likeness (QED) is 0.209. The molecule has 0 fully saturated rings. The van der Waals surface area contributed by atoms with Crippen molar-refractivity contribution in [1.82, 2.24) is 0 Å². The van der Waals surface area contributed by atoms with Crippen LogP contribution in [0.3, 0.4) is 0 Å². The van der Waals surface area contributed by atoms with E-state index in [0.29, 0.717) is 0 Å². The van der Waals surface area contributed by atoms with Gasteiger partial charge in [0, 0.05) is 0 Å². The predicted molar refractivity (Wildman–Crippen MR) is 69.8 cm³/mol. The van der Waals surface area contributed by atoms with Gasteiger partial charge in [-0.3, -0.25) is 73.2 Å². The van der Waals surface area contributed by atoms with Crippen LogP contribution < -0.4 is 220 Å². The second-order valence-electron chi connectivity index (χ2n) is 2.89. The Kier molecular flexibility index (Phi) is 123. The topological polar surface area (TPSA) is 692 Å². The molecule has 0 amide bonds. The van der Waals surface area contributed by atoms with Crippen LogP contribution in [0.1, 0.15) is 15.7 Å². The maximum atomic E-state index is 8.42. The monoisotopic (exact) mass is 734 g/mol. The summed E-state index contributed by atoms with van der Waals surface area (Å²) in [7, 11) is -29.2. The van der Waals surface area contributed by atoms with Crippen LogP contribution in [-0.2, 0) is 0 Å². The molecule has 0 aromatic carbocycles. The average Bonchev–Trinajstić information content (AvgIpc) is 2.47. The van der Waals surface area contributed by atoms with Crippen LogP contribution in [0.25, 0.3) is 0 Å². The smallest absolute Gasteiger partial charge is 1.00 e. The summed E-state index contributed by atoms with van der Waals surface area (Å²) >= 11 is 0. The summed E-state index contributed by atoms with van der Waals surface area (Å²) in [5.41, 5.74) is 0.